The number of hydrogen-bond acceptors (Lipinski definition) is 4. The van der Waals surface area contributed by atoms with Gasteiger partial charge in [0.2, 0.25) is 11.8 Å². The second-order valence-electron chi connectivity index (χ2n) is 8.11. The molecule has 5 rings (SSSR count). The number of halogens is 1. The van der Waals surface area contributed by atoms with Crippen molar-refractivity contribution >= 4 is 39.2 Å². The van der Waals surface area contributed by atoms with E-state index in [1.165, 1.54) is 4.90 Å². The van der Waals surface area contributed by atoms with Crippen LogP contribution in [-0.2, 0) is 9.59 Å². The highest BCUT2D eigenvalue weighted by Crippen LogP contribution is 2.56. The summed E-state index contributed by atoms with van der Waals surface area (Å²) >= 11 is 3.34. The van der Waals surface area contributed by atoms with E-state index in [1.807, 2.05) is 12.1 Å². The van der Waals surface area contributed by atoms with E-state index in [1.54, 1.807) is 36.4 Å². The highest BCUT2D eigenvalue weighted by atomic mass is 79.9. The van der Waals surface area contributed by atoms with E-state index in [4.69, 9.17) is 4.74 Å². The molecule has 0 unspecified atom stereocenters. The second-order valence-corrected chi connectivity index (χ2v) is 9.02. The van der Waals surface area contributed by atoms with E-state index >= 15 is 0 Å². The van der Waals surface area contributed by atoms with Crippen molar-refractivity contribution in [2.24, 2.45) is 23.7 Å². The maximum atomic E-state index is 12.9. The smallest absolute Gasteiger partial charge is 0.237 e. The first-order chi connectivity index (χ1) is 14.0. The lowest BCUT2D eigenvalue weighted by Crippen LogP contribution is -2.32. The van der Waals surface area contributed by atoms with Crippen LogP contribution in [0.5, 0.6) is 5.75 Å². The summed E-state index contributed by atoms with van der Waals surface area (Å²) in [6.45, 7) is -0.0734. The fourth-order valence-electron chi connectivity index (χ4n) is 5.22. The number of Topliss-reactive ketones (excluding diaryl/α,β-unsaturated/α-hetero) is 1. The Morgan fingerprint density at radius 3 is 2.10 bits per heavy atom. The Morgan fingerprint density at radius 2 is 1.52 bits per heavy atom. The lowest BCUT2D eigenvalue weighted by molar-refractivity contribution is -0.123. The van der Waals surface area contributed by atoms with Gasteiger partial charge in [-0.15, -0.1) is 0 Å². The third-order valence-corrected chi connectivity index (χ3v) is 7.09. The van der Waals surface area contributed by atoms with Gasteiger partial charge < -0.3 is 4.74 Å². The number of fused-ring (bicyclic) bond motifs is 5. The van der Waals surface area contributed by atoms with Gasteiger partial charge in [-0.1, -0.05) is 28.1 Å². The molecular weight excluding hydrogens is 434 g/mol. The number of nitrogens with zero attached hydrogens (tertiary/aromatic N) is 1. The Labute approximate surface area is 177 Å². The van der Waals surface area contributed by atoms with Crippen molar-refractivity contribution < 1.29 is 19.1 Å². The molecule has 0 radical (unpaired) electrons. The minimum Gasteiger partial charge on any atom is -0.485 e. The summed E-state index contributed by atoms with van der Waals surface area (Å²) in [4.78, 5) is 39.4. The summed E-state index contributed by atoms with van der Waals surface area (Å²) in [5, 5.41) is 0. The monoisotopic (exact) mass is 453 g/mol. The van der Waals surface area contributed by atoms with Crippen LogP contribution in [0, 0.1) is 23.7 Å². The molecule has 3 aliphatic rings. The van der Waals surface area contributed by atoms with Gasteiger partial charge in [-0.05, 0) is 67.5 Å². The molecule has 29 heavy (non-hydrogen) atoms. The van der Waals surface area contributed by atoms with Crippen molar-refractivity contribution in [1.29, 1.82) is 0 Å². The molecule has 2 bridgehead atoms. The van der Waals surface area contributed by atoms with Crippen molar-refractivity contribution in [3.8, 4) is 5.75 Å². The summed E-state index contributed by atoms with van der Waals surface area (Å²) < 4.78 is 6.50. The number of ketones is 1. The van der Waals surface area contributed by atoms with Crippen LogP contribution in [-0.4, -0.2) is 24.2 Å². The quantitative estimate of drug-likeness (QED) is 0.501. The van der Waals surface area contributed by atoms with Crippen molar-refractivity contribution in [3.05, 3.63) is 58.6 Å². The predicted octanol–water partition coefficient (Wildman–Crippen LogP) is 4.25. The molecule has 5 nitrogen and oxygen atoms in total. The molecular formula is C23H20BrNO4. The standard InChI is InChI=1S/C23H20BrNO4/c24-16-5-3-13(4-6-16)19(26)12-29-18-9-7-17(8-10-18)25-22(27)20-14-1-2-15(11-14)21(20)23(25)28/h3-10,14-15,20-21H,1-2,11-12H2/t14-,15-,20-,21+/m0/s1. The molecule has 3 fully saturated rings. The molecule has 4 atom stereocenters. The molecule has 1 aliphatic heterocycles. The maximum Gasteiger partial charge on any atom is 0.237 e. The van der Waals surface area contributed by atoms with Gasteiger partial charge >= 0.3 is 0 Å². The normalized spacial score (nSPS) is 27.4. The van der Waals surface area contributed by atoms with Crippen molar-refractivity contribution in [2.45, 2.75) is 19.3 Å². The zero-order chi connectivity index (χ0) is 20.1. The summed E-state index contributed by atoms with van der Waals surface area (Å²) in [5.41, 5.74) is 1.17. The van der Waals surface area contributed by atoms with E-state index < -0.39 is 0 Å². The first-order valence-electron chi connectivity index (χ1n) is 9.92. The molecule has 2 aromatic rings. The number of imide groups is 1. The maximum absolute atomic E-state index is 12.9. The molecule has 2 amide bonds. The van der Waals surface area contributed by atoms with Crippen LogP contribution < -0.4 is 9.64 Å². The average molecular weight is 454 g/mol. The molecule has 1 saturated heterocycles. The molecule has 0 aromatic heterocycles. The van der Waals surface area contributed by atoms with Gasteiger partial charge in [0.1, 0.15) is 5.75 Å². The van der Waals surface area contributed by atoms with Crippen LogP contribution in [0.3, 0.4) is 0 Å². The van der Waals surface area contributed by atoms with Crippen LogP contribution in [0.1, 0.15) is 29.6 Å². The minimum atomic E-state index is -0.124. The largest absolute Gasteiger partial charge is 0.485 e. The first-order valence-corrected chi connectivity index (χ1v) is 10.7. The lowest BCUT2D eigenvalue weighted by atomic mass is 9.81. The predicted molar refractivity (Wildman–Crippen MR) is 111 cm³/mol. The number of hydrogen-bond donors (Lipinski definition) is 0. The summed E-state index contributed by atoms with van der Waals surface area (Å²) in [6, 6.07) is 14.0. The van der Waals surface area contributed by atoms with Gasteiger partial charge in [-0.25, -0.2) is 0 Å². The molecule has 2 aliphatic carbocycles. The highest BCUT2D eigenvalue weighted by Gasteiger charge is 2.61. The number of carbonyl (C=O) groups excluding carboxylic acids is 3. The third kappa shape index (κ3) is 3.10. The third-order valence-electron chi connectivity index (χ3n) is 6.56. The number of amides is 2. The Kier molecular flexibility index (Phi) is 4.54. The Bertz CT molecular complexity index is 957. The Hall–Kier alpha value is -2.47. The Morgan fingerprint density at radius 1 is 0.931 bits per heavy atom. The first kappa shape index (κ1) is 18.6. The van der Waals surface area contributed by atoms with Crippen LogP contribution in [0.4, 0.5) is 5.69 Å². The van der Waals surface area contributed by atoms with Crippen LogP contribution in [0.15, 0.2) is 53.0 Å². The molecule has 1 heterocycles. The molecule has 148 valence electrons. The fourth-order valence-corrected chi connectivity index (χ4v) is 5.49. The van der Waals surface area contributed by atoms with Crippen LogP contribution >= 0.6 is 15.9 Å². The van der Waals surface area contributed by atoms with E-state index in [9.17, 15) is 14.4 Å². The number of benzene rings is 2. The van der Waals surface area contributed by atoms with Gasteiger partial charge in [0.25, 0.3) is 0 Å². The van der Waals surface area contributed by atoms with Gasteiger partial charge in [0.05, 0.1) is 17.5 Å². The van der Waals surface area contributed by atoms with E-state index in [-0.39, 0.29) is 36.0 Å². The van der Waals surface area contributed by atoms with Gasteiger partial charge in [-0.3, -0.25) is 19.3 Å². The zero-order valence-corrected chi connectivity index (χ0v) is 17.3. The summed E-state index contributed by atoms with van der Waals surface area (Å²) in [5.74, 6) is 0.810. The number of anilines is 1. The van der Waals surface area contributed by atoms with Crippen LogP contribution in [0.25, 0.3) is 0 Å². The molecule has 0 N–H and O–H groups in total. The van der Waals surface area contributed by atoms with Crippen LogP contribution in [0.2, 0.25) is 0 Å². The van der Waals surface area contributed by atoms with E-state index in [2.05, 4.69) is 15.9 Å². The van der Waals surface area contributed by atoms with E-state index in [0.717, 1.165) is 23.7 Å². The van der Waals surface area contributed by atoms with Gasteiger partial charge in [0, 0.05) is 10.0 Å². The molecule has 0 spiro atoms. The molecule has 6 heteroatoms. The average Bonchev–Trinajstić information content (AvgIpc) is 3.41. The SMILES string of the molecule is O=C(COc1ccc(N2C(=O)[C@@H]3[C@H]4CC[C@@H](C4)[C@@H]3C2=O)cc1)c1ccc(Br)cc1. The van der Waals surface area contributed by atoms with Crippen molar-refractivity contribution in [3.63, 3.8) is 0 Å². The summed E-state index contributed by atoms with van der Waals surface area (Å²) in [7, 11) is 0. The lowest BCUT2D eigenvalue weighted by Gasteiger charge is -2.19. The Balaban J connectivity index is 1.26. The second kappa shape index (κ2) is 7.10. The zero-order valence-electron chi connectivity index (χ0n) is 15.7. The fraction of sp³-hybridized carbons (Fsp3) is 0.348. The number of carbonyl (C=O) groups is 3. The highest BCUT2D eigenvalue weighted by molar-refractivity contribution is 9.10. The molecule has 2 saturated carbocycles. The minimum absolute atomic E-state index is 0.0497. The van der Waals surface area contributed by atoms with Crippen molar-refractivity contribution in [1.82, 2.24) is 0 Å². The van der Waals surface area contributed by atoms with E-state index in [0.29, 0.717) is 28.8 Å². The summed E-state index contributed by atoms with van der Waals surface area (Å²) in [6.07, 6.45) is 3.16. The van der Waals surface area contributed by atoms with Gasteiger partial charge in [-0.2, -0.15) is 0 Å². The number of ether oxygens (including phenoxy) is 1. The van der Waals surface area contributed by atoms with Gasteiger partial charge in [0.15, 0.2) is 12.4 Å². The molecule has 2 aromatic carbocycles. The van der Waals surface area contributed by atoms with Crippen molar-refractivity contribution in [2.75, 3.05) is 11.5 Å². The topological polar surface area (TPSA) is 63.7 Å². The number of rotatable bonds is 5.